The summed E-state index contributed by atoms with van der Waals surface area (Å²) in [5, 5.41) is -6.40. The summed E-state index contributed by atoms with van der Waals surface area (Å²) < 4.78 is 121. The number of hydrogen-bond acceptors (Lipinski definition) is 4. The van der Waals surface area contributed by atoms with Crippen LogP contribution in [-0.4, -0.2) is 43.3 Å². The van der Waals surface area contributed by atoms with Crippen molar-refractivity contribution in [3.63, 3.8) is 0 Å². The van der Waals surface area contributed by atoms with Crippen LogP contribution in [-0.2, 0) is 21.5 Å². The zero-order chi connectivity index (χ0) is 25.8. The van der Waals surface area contributed by atoms with E-state index in [9.17, 15) is 34.8 Å². The van der Waals surface area contributed by atoms with Crippen LogP contribution < -0.4 is 4.74 Å². The third kappa shape index (κ3) is 6.17. The zero-order valence-electron chi connectivity index (χ0n) is 19.1. The van der Waals surface area contributed by atoms with Crippen LogP contribution in [0.15, 0.2) is 12.1 Å². The van der Waals surface area contributed by atoms with Crippen LogP contribution in [0, 0.1) is 6.92 Å². The van der Waals surface area contributed by atoms with Crippen LogP contribution >= 0.6 is 0 Å². The molecule has 0 radical (unpaired) electrons. The number of unbranched alkanes of at least 4 members (excludes halogenated alkanes) is 1. The molecule has 12 heteroatoms. The van der Waals surface area contributed by atoms with E-state index in [4.69, 9.17) is 9.29 Å². The highest BCUT2D eigenvalue weighted by molar-refractivity contribution is 7.87. The van der Waals surface area contributed by atoms with Crippen LogP contribution in [0.5, 0.6) is 5.75 Å². The fraction of sp³-hybridized carbons (Fsp3) is 0.727. The van der Waals surface area contributed by atoms with Crippen LogP contribution in [0.25, 0.3) is 0 Å². The Kier molecular flexibility index (Phi) is 9.31. The zero-order valence-corrected chi connectivity index (χ0v) is 19.9. The van der Waals surface area contributed by atoms with E-state index in [2.05, 4.69) is 4.74 Å². The lowest BCUT2D eigenvalue weighted by molar-refractivity contribution is -0.294. The molecule has 5 nitrogen and oxygen atoms in total. The third-order valence-corrected chi connectivity index (χ3v) is 6.86. The molecule has 196 valence electrons. The van der Waals surface area contributed by atoms with Gasteiger partial charge in [-0.25, -0.2) is 0 Å². The Hall–Kier alpha value is -1.53. The number of benzene rings is 1. The Balaban J connectivity index is 2.20. The van der Waals surface area contributed by atoms with Gasteiger partial charge in [0.1, 0.15) is 12.4 Å². The van der Waals surface area contributed by atoms with Crippen LogP contribution in [0.2, 0.25) is 0 Å². The lowest BCUT2D eigenvalue weighted by Gasteiger charge is -2.30. The van der Waals surface area contributed by atoms with Gasteiger partial charge in [0.15, 0.2) is 0 Å². The van der Waals surface area contributed by atoms with Crippen molar-refractivity contribution >= 4 is 10.1 Å². The summed E-state index contributed by atoms with van der Waals surface area (Å²) in [4.78, 5) is 0. The van der Waals surface area contributed by atoms with E-state index in [1.807, 2.05) is 13.0 Å². The number of aryl methyl sites for hydroxylation is 1. The van der Waals surface area contributed by atoms with Crippen molar-refractivity contribution in [1.82, 2.24) is 0 Å². The first-order chi connectivity index (χ1) is 15.7. The summed E-state index contributed by atoms with van der Waals surface area (Å²) >= 11 is 0. The van der Waals surface area contributed by atoms with Crippen LogP contribution in [0.3, 0.4) is 0 Å². The van der Waals surface area contributed by atoms with Crippen molar-refractivity contribution in [2.24, 2.45) is 0 Å². The Labute approximate surface area is 195 Å². The monoisotopic (exact) mass is 520 g/mol. The second kappa shape index (κ2) is 11.0. The molecule has 0 aromatic heterocycles. The van der Waals surface area contributed by atoms with Crippen molar-refractivity contribution < 1.29 is 48.8 Å². The molecule has 0 amide bonds. The normalized spacial score (nSPS) is 16.6. The summed E-state index contributed by atoms with van der Waals surface area (Å²) in [6.45, 7) is 1.28. The maximum absolute atomic E-state index is 13.9. The minimum atomic E-state index is -6.79. The molecule has 0 aliphatic heterocycles. The van der Waals surface area contributed by atoms with E-state index in [1.54, 1.807) is 13.0 Å². The highest BCUT2D eigenvalue weighted by atomic mass is 32.2. The molecule has 34 heavy (non-hydrogen) atoms. The first-order valence-electron chi connectivity index (χ1n) is 11.1. The molecular formula is C22H30F6O5S. The Bertz CT molecular complexity index is 930. The molecule has 0 heterocycles. The van der Waals surface area contributed by atoms with Gasteiger partial charge < -0.3 is 9.47 Å². The average molecular weight is 521 g/mol. The number of halogens is 6. The van der Waals surface area contributed by atoms with Crippen LogP contribution in [0.4, 0.5) is 26.3 Å². The van der Waals surface area contributed by atoms with Gasteiger partial charge in [0.05, 0.1) is 13.2 Å². The number of hydrogen-bond donors (Lipinski definition) is 1. The van der Waals surface area contributed by atoms with Gasteiger partial charge in [-0.15, -0.1) is 0 Å². The standard InChI is InChI=1S/C22H30F6O5S/c1-3-4-10-33-19-12-17(15(2)11-18(19)16-8-6-5-7-9-16)13-32-14-20(23,24)21(25,26)22(27,28)34(29,30)31/h11-12,16H,3-10,13-14H2,1-2H3,(H,29,30,31). The molecule has 0 unspecified atom stereocenters. The molecule has 2 rings (SSSR count). The first kappa shape index (κ1) is 28.7. The molecule has 0 spiro atoms. The highest BCUT2D eigenvalue weighted by Crippen LogP contribution is 2.48. The molecule has 1 aromatic carbocycles. The Morgan fingerprint density at radius 2 is 1.68 bits per heavy atom. The van der Waals surface area contributed by atoms with E-state index in [-0.39, 0.29) is 5.92 Å². The summed E-state index contributed by atoms with van der Waals surface area (Å²) in [6.07, 6.45) is 6.90. The molecule has 0 atom stereocenters. The highest BCUT2D eigenvalue weighted by Gasteiger charge is 2.77. The Morgan fingerprint density at radius 1 is 1.06 bits per heavy atom. The smallest absolute Gasteiger partial charge is 0.438 e. The molecule has 1 aromatic rings. The summed E-state index contributed by atoms with van der Waals surface area (Å²) in [7, 11) is -6.79. The summed E-state index contributed by atoms with van der Waals surface area (Å²) in [5.74, 6) is -11.2. The first-order valence-corrected chi connectivity index (χ1v) is 12.5. The van der Waals surface area contributed by atoms with Gasteiger partial charge in [-0.2, -0.15) is 34.8 Å². The van der Waals surface area contributed by atoms with E-state index < -0.39 is 40.4 Å². The molecular weight excluding hydrogens is 490 g/mol. The molecule has 1 aliphatic carbocycles. The lowest BCUT2D eigenvalue weighted by Crippen LogP contribution is -2.59. The molecule has 0 saturated heterocycles. The van der Waals surface area contributed by atoms with Gasteiger partial charge in [-0.05, 0) is 54.9 Å². The second-order valence-corrected chi connectivity index (χ2v) is 10.1. The Morgan fingerprint density at radius 3 is 2.24 bits per heavy atom. The molecule has 1 saturated carbocycles. The maximum atomic E-state index is 13.9. The van der Waals surface area contributed by atoms with Gasteiger partial charge >= 0.3 is 27.2 Å². The minimum Gasteiger partial charge on any atom is -0.493 e. The minimum absolute atomic E-state index is 0.268. The summed E-state index contributed by atoms with van der Waals surface area (Å²) in [6, 6.07) is 3.42. The number of alkyl halides is 6. The van der Waals surface area contributed by atoms with Crippen molar-refractivity contribution in [2.75, 3.05) is 13.2 Å². The maximum Gasteiger partial charge on any atom is 0.438 e. The quantitative estimate of drug-likeness (QED) is 0.194. The van der Waals surface area contributed by atoms with Crippen molar-refractivity contribution in [3.8, 4) is 5.75 Å². The number of ether oxygens (including phenoxy) is 2. The fourth-order valence-electron chi connectivity index (χ4n) is 3.85. The predicted octanol–water partition coefficient (Wildman–Crippen LogP) is 6.49. The van der Waals surface area contributed by atoms with E-state index in [1.165, 1.54) is 0 Å². The number of rotatable bonds is 12. The molecule has 1 fully saturated rings. The fourth-order valence-corrected chi connectivity index (χ4v) is 4.32. The van der Waals surface area contributed by atoms with Crippen molar-refractivity contribution in [1.29, 1.82) is 0 Å². The van der Waals surface area contributed by atoms with Gasteiger partial charge in [0, 0.05) is 0 Å². The predicted molar refractivity (Wildman–Crippen MR) is 113 cm³/mol. The largest absolute Gasteiger partial charge is 0.493 e. The van der Waals surface area contributed by atoms with Crippen molar-refractivity contribution in [2.45, 2.75) is 88.4 Å². The third-order valence-electron chi connectivity index (χ3n) is 5.96. The van der Waals surface area contributed by atoms with Crippen molar-refractivity contribution in [3.05, 3.63) is 28.8 Å². The SMILES string of the molecule is CCCCOc1cc(COCC(F)(F)C(F)(F)C(F)(F)S(=O)(=O)O)c(C)cc1C1CCCCC1. The van der Waals surface area contributed by atoms with Gasteiger partial charge in [-0.3, -0.25) is 4.55 Å². The molecule has 1 N–H and O–H groups in total. The lowest BCUT2D eigenvalue weighted by atomic mass is 9.82. The topological polar surface area (TPSA) is 72.8 Å². The van der Waals surface area contributed by atoms with Crippen LogP contribution in [0.1, 0.15) is 74.5 Å². The van der Waals surface area contributed by atoms with E-state index in [0.717, 1.165) is 50.5 Å². The summed E-state index contributed by atoms with van der Waals surface area (Å²) in [5.41, 5.74) is 1.94. The average Bonchev–Trinajstić information content (AvgIpc) is 2.75. The molecule has 0 bridgehead atoms. The van der Waals surface area contributed by atoms with Gasteiger partial charge in [-0.1, -0.05) is 38.7 Å². The van der Waals surface area contributed by atoms with Gasteiger partial charge in [0.25, 0.3) is 0 Å². The second-order valence-electron chi connectivity index (χ2n) is 8.62. The van der Waals surface area contributed by atoms with Gasteiger partial charge in [0.2, 0.25) is 0 Å². The van der Waals surface area contributed by atoms with E-state index in [0.29, 0.717) is 23.5 Å². The van der Waals surface area contributed by atoms with E-state index >= 15 is 0 Å². The molecule has 1 aliphatic rings.